The molecule has 0 heterocycles. The molecular weight excluding hydrogens is 276 g/mol. The fourth-order valence-corrected chi connectivity index (χ4v) is 6.82. The maximum Gasteiger partial charge on any atom is 0.136 e. The van der Waals surface area contributed by atoms with Crippen molar-refractivity contribution in [2.45, 2.75) is 71.3 Å². The number of ketones is 2. The van der Waals surface area contributed by atoms with Gasteiger partial charge in [-0.15, -0.1) is 0 Å². The molecule has 0 aliphatic heterocycles. The Hall–Kier alpha value is -0.700. The zero-order chi connectivity index (χ0) is 15.7. The molecule has 0 saturated heterocycles. The number of hydrogen-bond donors (Lipinski definition) is 1. The highest BCUT2D eigenvalue weighted by molar-refractivity contribution is 5.86. The Kier molecular flexibility index (Phi) is 3.15. The van der Waals surface area contributed by atoms with Crippen molar-refractivity contribution >= 4 is 11.6 Å². The lowest BCUT2D eigenvalue weighted by Crippen LogP contribution is -2.56. The average molecular weight is 304 g/mol. The highest BCUT2D eigenvalue weighted by Crippen LogP contribution is 2.64. The molecule has 0 unspecified atom stereocenters. The summed E-state index contributed by atoms with van der Waals surface area (Å²) in [5.41, 5.74) is 0.168. The first-order valence-electron chi connectivity index (χ1n) is 9.06. The molecule has 0 spiro atoms. The predicted molar refractivity (Wildman–Crippen MR) is 83.1 cm³/mol. The van der Waals surface area contributed by atoms with Crippen LogP contribution in [0.5, 0.6) is 0 Å². The zero-order valence-corrected chi connectivity index (χ0v) is 13.8. The summed E-state index contributed by atoms with van der Waals surface area (Å²) in [5.74, 6) is 2.05. The molecule has 4 aliphatic rings. The Morgan fingerprint density at radius 2 is 1.91 bits per heavy atom. The van der Waals surface area contributed by atoms with Gasteiger partial charge in [0.05, 0.1) is 6.10 Å². The molecule has 4 saturated carbocycles. The molecule has 4 aliphatic carbocycles. The molecule has 0 radical (unpaired) electrons. The van der Waals surface area contributed by atoms with Crippen LogP contribution in [0.3, 0.4) is 0 Å². The van der Waals surface area contributed by atoms with E-state index in [-0.39, 0.29) is 22.9 Å². The first kappa shape index (κ1) is 14.9. The predicted octanol–water partition coefficient (Wildman–Crippen LogP) is 3.14. The van der Waals surface area contributed by atoms with Crippen molar-refractivity contribution in [3.05, 3.63) is 0 Å². The Bertz CT molecular complexity index is 527. The maximum absolute atomic E-state index is 12.9. The highest BCUT2D eigenvalue weighted by Gasteiger charge is 2.61. The van der Waals surface area contributed by atoms with Gasteiger partial charge in [0.25, 0.3) is 0 Å². The van der Waals surface area contributed by atoms with Crippen molar-refractivity contribution < 1.29 is 14.7 Å². The number of carbonyl (C=O) groups excluding carboxylic acids is 2. The Labute approximate surface area is 132 Å². The van der Waals surface area contributed by atoms with E-state index in [9.17, 15) is 14.7 Å². The fraction of sp³-hybridized carbons (Fsp3) is 0.895. The lowest BCUT2D eigenvalue weighted by atomic mass is 9.45. The van der Waals surface area contributed by atoms with Crippen molar-refractivity contribution in [2.75, 3.05) is 0 Å². The van der Waals surface area contributed by atoms with E-state index in [1.165, 1.54) is 0 Å². The van der Waals surface area contributed by atoms with E-state index < -0.39 is 0 Å². The first-order valence-corrected chi connectivity index (χ1v) is 9.06. The van der Waals surface area contributed by atoms with Gasteiger partial charge in [-0.3, -0.25) is 9.59 Å². The van der Waals surface area contributed by atoms with E-state index in [0.29, 0.717) is 48.6 Å². The minimum Gasteiger partial charge on any atom is -0.393 e. The molecule has 3 heteroatoms. The fourth-order valence-electron chi connectivity index (χ4n) is 6.82. The Balaban J connectivity index is 1.71. The van der Waals surface area contributed by atoms with Crippen molar-refractivity contribution in [1.82, 2.24) is 0 Å². The van der Waals surface area contributed by atoms with Gasteiger partial charge in [-0.05, 0) is 60.7 Å². The van der Waals surface area contributed by atoms with Gasteiger partial charge in [0, 0.05) is 25.2 Å². The van der Waals surface area contributed by atoms with E-state index in [0.717, 1.165) is 32.1 Å². The van der Waals surface area contributed by atoms with Crippen LogP contribution in [0.15, 0.2) is 0 Å². The second-order valence-electron chi connectivity index (χ2n) is 9.15. The van der Waals surface area contributed by atoms with E-state index >= 15 is 0 Å². The summed E-state index contributed by atoms with van der Waals surface area (Å²) in [6, 6.07) is 0. The van der Waals surface area contributed by atoms with Gasteiger partial charge in [-0.1, -0.05) is 13.8 Å². The summed E-state index contributed by atoms with van der Waals surface area (Å²) in [7, 11) is 0. The number of rotatable bonds is 0. The third kappa shape index (κ3) is 1.90. The van der Waals surface area contributed by atoms with Crippen molar-refractivity contribution in [1.29, 1.82) is 0 Å². The molecule has 0 aromatic heterocycles. The van der Waals surface area contributed by atoms with Crippen LogP contribution >= 0.6 is 0 Å². The minimum absolute atomic E-state index is 0.0305. The summed E-state index contributed by atoms with van der Waals surface area (Å²) in [5, 5.41) is 10.2. The molecule has 22 heavy (non-hydrogen) atoms. The van der Waals surface area contributed by atoms with Crippen LogP contribution in [0.25, 0.3) is 0 Å². The zero-order valence-electron chi connectivity index (χ0n) is 13.8. The summed E-state index contributed by atoms with van der Waals surface area (Å²) in [6.45, 7) is 4.56. The molecule has 4 fully saturated rings. The SMILES string of the molecule is C[C@]12CC[C@H]3[C@@H](C(=O)C[C@H]4CCC(=O)C[C@@]43C)[C@@H]1C[C@H](O)C2. The number of aliphatic hydroxyl groups is 1. The van der Waals surface area contributed by atoms with Gasteiger partial charge in [-0.25, -0.2) is 0 Å². The molecule has 7 atom stereocenters. The minimum atomic E-state index is -0.236. The highest BCUT2D eigenvalue weighted by atomic mass is 16.3. The van der Waals surface area contributed by atoms with Crippen molar-refractivity contribution in [3.63, 3.8) is 0 Å². The van der Waals surface area contributed by atoms with Crippen LogP contribution in [0, 0.1) is 34.5 Å². The Morgan fingerprint density at radius 1 is 1.14 bits per heavy atom. The van der Waals surface area contributed by atoms with Crippen LogP contribution in [0.2, 0.25) is 0 Å². The lowest BCUT2D eigenvalue weighted by molar-refractivity contribution is -0.158. The second-order valence-corrected chi connectivity index (χ2v) is 9.15. The van der Waals surface area contributed by atoms with Gasteiger partial charge in [0.2, 0.25) is 0 Å². The number of carbonyl (C=O) groups is 2. The van der Waals surface area contributed by atoms with E-state index in [1.807, 2.05) is 0 Å². The van der Waals surface area contributed by atoms with Crippen LogP contribution in [-0.2, 0) is 9.59 Å². The molecule has 3 nitrogen and oxygen atoms in total. The van der Waals surface area contributed by atoms with Gasteiger partial charge in [-0.2, -0.15) is 0 Å². The maximum atomic E-state index is 12.9. The van der Waals surface area contributed by atoms with Gasteiger partial charge in [0.1, 0.15) is 11.6 Å². The molecule has 0 amide bonds. The van der Waals surface area contributed by atoms with E-state index in [1.54, 1.807) is 0 Å². The van der Waals surface area contributed by atoms with Crippen LogP contribution in [0.1, 0.15) is 65.2 Å². The van der Waals surface area contributed by atoms with Gasteiger partial charge in [0.15, 0.2) is 0 Å². The quantitative estimate of drug-likeness (QED) is 0.748. The molecule has 0 aromatic rings. The topological polar surface area (TPSA) is 54.4 Å². The Morgan fingerprint density at radius 3 is 2.68 bits per heavy atom. The number of fused-ring (bicyclic) bond motifs is 5. The third-order valence-corrected chi connectivity index (χ3v) is 7.97. The van der Waals surface area contributed by atoms with Crippen molar-refractivity contribution in [2.24, 2.45) is 34.5 Å². The molecule has 4 rings (SSSR count). The van der Waals surface area contributed by atoms with Crippen LogP contribution < -0.4 is 0 Å². The number of aliphatic hydroxyl groups excluding tert-OH is 1. The second kappa shape index (κ2) is 4.66. The van der Waals surface area contributed by atoms with Crippen molar-refractivity contribution in [3.8, 4) is 0 Å². The lowest BCUT2D eigenvalue weighted by Gasteiger charge is -2.58. The average Bonchev–Trinajstić information content (AvgIpc) is 2.74. The van der Waals surface area contributed by atoms with Crippen LogP contribution in [-0.4, -0.2) is 22.8 Å². The molecule has 0 bridgehead atoms. The van der Waals surface area contributed by atoms with E-state index in [4.69, 9.17) is 0 Å². The molecular formula is C19H28O3. The standard InChI is InChI=1S/C19H28O3/c1-18-6-5-14-17(15(18)8-13(21)9-18)16(22)7-11-3-4-12(20)10-19(11,14)2/h11,13-15,17,21H,3-10H2,1-2H3/t11-,13+,14+,15+,17-,18-,19+/m1/s1. The largest absolute Gasteiger partial charge is 0.393 e. The van der Waals surface area contributed by atoms with Gasteiger partial charge >= 0.3 is 0 Å². The summed E-state index contributed by atoms with van der Waals surface area (Å²) in [6.07, 6.45) is 6.52. The monoisotopic (exact) mass is 304 g/mol. The molecule has 0 aromatic carbocycles. The first-order chi connectivity index (χ1) is 10.3. The van der Waals surface area contributed by atoms with Crippen LogP contribution in [0.4, 0.5) is 0 Å². The summed E-state index contributed by atoms with van der Waals surface area (Å²) in [4.78, 5) is 25.0. The molecule has 1 N–H and O–H groups in total. The normalized spacial score (nSPS) is 54.6. The van der Waals surface area contributed by atoms with E-state index in [2.05, 4.69) is 13.8 Å². The third-order valence-electron chi connectivity index (χ3n) is 7.97. The van der Waals surface area contributed by atoms with Gasteiger partial charge < -0.3 is 5.11 Å². The number of hydrogen-bond acceptors (Lipinski definition) is 3. The molecule has 122 valence electrons. The summed E-state index contributed by atoms with van der Waals surface area (Å²) < 4.78 is 0. The summed E-state index contributed by atoms with van der Waals surface area (Å²) >= 11 is 0. The number of Topliss-reactive ketones (excluding diaryl/α,β-unsaturated/α-hetero) is 2. The smallest absolute Gasteiger partial charge is 0.136 e.